The molecule has 2 fully saturated rings. The highest BCUT2D eigenvalue weighted by Crippen LogP contribution is 2.40. The Morgan fingerprint density at radius 3 is 2.56 bits per heavy atom. The number of ether oxygens (including phenoxy) is 1. The van der Waals surface area contributed by atoms with Crippen LogP contribution in [0.3, 0.4) is 0 Å². The van der Waals surface area contributed by atoms with Crippen LogP contribution in [0.25, 0.3) is 22.4 Å². The molecule has 32 heavy (non-hydrogen) atoms. The van der Waals surface area contributed by atoms with E-state index < -0.39 is 0 Å². The number of halogens is 1. The van der Waals surface area contributed by atoms with Gasteiger partial charge in [0.1, 0.15) is 17.0 Å². The molecule has 0 bridgehead atoms. The van der Waals surface area contributed by atoms with Crippen molar-refractivity contribution in [2.24, 2.45) is 0 Å². The summed E-state index contributed by atoms with van der Waals surface area (Å²) >= 11 is 6.11. The molecular formula is C24H23ClN6O. The van der Waals surface area contributed by atoms with Gasteiger partial charge >= 0.3 is 0 Å². The highest BCUT2D eigenvalue weighted by atomic mass is 35.5. The minimum Gasteiger partial charge on any atom is -0.373 e. The van der Waals surface area contributed by atoms with E-state index in [1.807, 2.05) is 44.3 Å². The minimum absolute atomic E-state index is 0.0108. The average molecular weight is 447 g/mol. The lowest BCUT2D eigenvalue weighted by atomic mass is 10.0. The number of benzene rings is 1. The standard InChI is InChI=1S/C24H23ClN6O/c1-13-14(2)28-24-22(27-13)21(15-3-5-18(25)6-4-15)29-23(30-24)16-9-20(32-12-16)17-10-26-31(11-17)19-7-8-19/h3-6,10-11,16,19-20H,7-9,12H2,1-2H3/t16-,20-/m0/s1. The van der Waals surface area contributed by atoms with Crippen molar-refractivity contribution < 1.29 is 4.74 Å². The van der Waals surface area contributed by atoms with Gasteiger partial charge in [0.05, 0.1) is 36.3 Å². The molecule has 6 rings (SSSR count). The number of hydrogen-bond donors (Lipinski definition) is 0. The Morgan fingerprint density at radius 2 is 1.78 bits per heavy atom. The van der Waals surface area contributed by atoms with Gasteiger partial charge in [-0.05, 0) is 45.2 Å². The molecule has 0 amide bonds. The molecule has 1 aliphatic heterocycles. The molecule has 7 nitrogen and oxygen atoms in total. The molecule has 1 aliphatic carbocycles. The maximum absolute atomic E-state index is 6.15. The van der Waals surface area contributed by atoms with E-state index in [9.17, 15) is 0 Å². The van der Waals surface area contributed by atoms with Gasteiger partial charge < -0.3 is 4.74 Å². The molecule has 1 saturated carbocycles. The van der Waals surface area contributed by atoms with Gasteiger partial charge in [-0.3, -0.25) is 4.68 Å². The topological polar surface area (TPSA) is 78.6 Å². The summed E-state index contributed by atoms with van der Waals surface area (Å²) in [6, 6.07) is 8.23. The van der Waals surface area contributed by atoms with Gasteiger partial charge in [-0.25, -0.2) is 19.9 Å². The molecule has 2 aliphatic rings. The van der Waals surface area contributed by atoms with Crippen LogP contribution in [0, 0.1) is 13.8 Å². The van der Waals surface area contributed by atoms with Gasteiger partial charge in [0.15, 0.2) is 5.65 Å². The van der Waals surface area contributed by atoms with Crippen molar-refractivity contribution >= 4 is 22.8 Å². The zero-order valence-electron chi connectivity index (χ0n) is 18.0. The van der Waals surface area contributed by atoms with E-state index in [2.05, 4.69) is 16.0 Å². The molecule has 162 valence electrons. The molecule has 8 heteroatoms. The van der Waals surface area contributed by atoms with Crippen molar-refractivity contribution in [2.45, 2.75) is 51.2 Å². The third-order valence-electron chi connectivity index (χ3n) is 6.35. The minimum atomic E-state index is 0.0108. The Hall–Kier alpha value is -2.90. The van der Waals surface area contributed by atoms with Crippen LogP contribution in [0.2, 0.25) is 5.02 Å². The average Bonchev–Trinajstić information content (AvgIpc) is 3.31. The van der Waals surface area contributed by atoms with E-state index >= 15 is 0 Å². The first-order valence-electron chi connectivity index (χ1n) is 11.0. The second-order valence-corrected chi connectivity index (χ2v) is 9.18. The predicted molar refractivity (Wildman–Crippen MR) is 122 cm³/mol. The van der Waals surface area contributed by atoms with Crippen molar-refractivity contribution in [3.05, 3.63) is 64.5 Å². The van der Waals surface area contributed by atoms with Crippen LogP contribution >= 0.6 is 11.6 Å². The zero-order valence-corrected chi connectivity index (χ0v) is 18.8. The summed E-state index contributed by atoms with van der Waals surface area (Å²) in [7, 11) is 0. The number of fused-ring (bicyclic) bond motifs is 1. The van der Waals surface area contributed by atoms with E-state index in [1.165, 1.54) is 12.8 Å². The highest BCUT2D eigenvalue weighted by molar-refractivity contribution is 6.30. The normalized spacial score (nSPS) is 20.8. The van der Waals surface area contributed by atoms with Gasteiger partial charge in [0, 0.05) is 28.3 Å². The summed E-state index contributed by atoms with van der Waals surface area (Å²) in [5.74, 6) is 0.834. The van der Waals surface area contributed by atoms with E-state index in [-0.39, 0.29) is 12.0 Å². The van der Waals surface area contributed by atoms with Gasteiger partial charge in [-0.1, -0.05) is 23.7 Å². The molecular weight excluding hydrogens is 424 g/mol. The number of nitrogens with zero attached hydrogens (tertiary/aromatic N) is 6. The molecule has 4 aromatic rings. The zero-order chi connectivity index (χ0) is 21.8. The summed E-state index contributed by atoms with van der Waals surface area (Å²) in [5, 5.41) is 5.20. The second-order valence-electron chi connectivity index (χ2n) is 8.74. The number of aryl methyl sites for hydroxylation is 2. The SMILES string of the molecule is Cc1nc2nc([C@@H]3CO[C@H](c4cnn(C5CC5)c4)C3)nc(-c3ccc(Cl)cc3)c2nc1C. The van der Waals surface area contributed by atoms with Gasteiger partial charge in [-0.2, -0.15) is 5.10 Å². The van der Waals surface area contributed by atoms with Crippen molar-refractivity contribution in [3.8, 4) is 11.3 Å². The second kappa shape index (κ2) is 7.60. The lowest BCUT2D eigenvalue weighted by Crippen LogP contribution is -2.08. The molecule has 1 saturated heterocycles. The lowest BCUT2D eigenvalue weighted by molar-refractivity contribution is 0.110. The first-order valence-corrected chi connectivity index (χ1v) is 11.4. The Bertz CT molecular complexity index is 1310. The fraction of sp³-hybridized carbons (Fsp3) is 0.375. The first-order chi connectivity index (χ1) is 15.5. The van der Waals surface area contributed by atoms with Crippen LogP contribution in [0.15, 0.2) is 36.7 Å². The molecule has 3 aromatic heterocycles. The van der Waals surface area contributed by atoms with Crippen molar-refractivity contribution in [3.63, 3.8) is 0 Å². The largest absolute Gasteiger partial charge is 0.373 e. The molecule has 0 N–H and O–H groups in total. The molecule has 4 heterocycles. The summed E-state index contributed by atoms with van der Waals surface area (Å²) in [6.07, 6.45) is 7.32. The molecule has 0 spiro atoms. The number of rotatable bonds is 4. The summed E-state index contributed by atoms with van der Waals surface area (Å²) in [6.45, 7) is 4.49. The van der Waals surface area contributed by atoms with Crippen LogP contribution in [-0.4, -0.2) is 36.3 Å². The fourth-order valence-corrected chi connectivity index (χ4v) is 4.34. The van der Waals surface area contributed by atoms with Crippen LogP contribution in [0.5, 0.6) is 0 Å². The number of hydrogen-bond acceptors (Lipinski definition) is 6. The predicted octanol–water partition coefficient (Wildman–Crippen LogP) is 5.13. The van der Waals surface area contributed by atoms with Crippen LogP contribution in [-0.2, 0) is 4.74 Å². The third-order valence-corrected chi connectivity index (χ3v) is 6.61. The quantitative estimate of drug-likeness (QED) is 0.432. The Morgan fingerprint density at radius 1 is 1.00 bits per heavy atom. The van der Waals surface area contributed by atoms with E-state index in [0.717, 1.165) is 40.5 Å². The summed E-state index contributed by atoms with van der Waals surface area (Å²) in [4.78, 5) is 19.3. The van der Waals surface area contributed by atoms with E-state index in [4.69, 9.17) is 36.3 Å². The van der Waals surface area contributed by atoms with Gasteiger partial charge in [-0.15, -0.1) is 0 Å². The van der Waals surface area contributed by atoms with E-state index in [1.54, 1.807) is 0 Å². The smallest absolute Gasteiger partial charge is 0.182 e. The van der Waals surface area contributed by atoms with Crippen molar-refractivity contribution in [2.75, 3.05) is 6.61 Å². The monoisotopic (exact) mass is 446 g/mol. The fourth-order valence-electron chi connectivity index (χ4n) is 4.22. The van der Waals surface area contributed by atoms with Crippen LogP contribution in [0.1, 0.15) is 60.1 Å². The maximum Gasteiger partial charge on any atom is 0.182 e. The first kappa shape index (κ1) is 19.8. The van der Waals surface area contributed by atoms with E-state index in [0.29, 0.717) is 28.8 Å². The van der Waals surface area contributed by atoms with Crippen molar-refractivity contribution in [1.29, 1.82) is 0 Å². The maximum atomic E-state index is 6.15. The van der Waals surface area contributed by atoms with Crippen LogP contribution in [0.4, 0.5) is 0 Å². The van der Waals surface area contributed by atoms with Crippen molar-refractivity contribution in [1.82, 2.24) is 29.7 Å². The lowest BCUT2D eigenvalue weighted by Gasteiger charge is -2.12. The van der Waals surface area contributed by atoms with Crippen LogP contribution < -0.4 is 0 Å². The molecule has 2 atom stereocenters. The number of aromatic nitrogens is 6. The Kier molecular flexibility index (Phi) is 4.69. The molecule has 1 aromatic carbocycles. The Labute approximate surface area is 190 Å². The summed E-state index contributed by atoms with van der Waals surface area (Å²) in [5.41, 5.74) is 5.93. The molecule has 0 radical (unpaired) electrons. The summed E-state index contributed by atoms with van der Waals surface area (Å²) < 4.78 is 8.22. The Balaban J connectivity index is 1.38. The van der Waals surface area contributed by atoms with Gasteiger partial charge in [0.25, 0.3) is 0 Å². The third kappa shape index (κ3) is 3.55. The van der Waals surface area contributed by atoms with Gasteiger partial charge in [0.2, 0.25) is 0 Å². The highest BCUT2D eigenvalue weighted by Gasteiger charge is 2.33. The molecule has 0 unspecified atom stereocenters.